The highest BCUT2D eigenvalue weighted by Crippen LogP contribution is 2.37. The normalized spacial score (nSPS) is 12.2. The SMILES string of the molecule is CNC(=O)c1c(-c2ccc(F)cc2)oc2nc(CCC(F)(F)F)c(-c3cccc(C(=O)CC(C)C#N)c3)cc12. The van der Waals surface area contributed by atoms with Crippen molar-refractivity contribution in [2.45, 2.75) is 32.4 Å². The maximum absolute atomic E-state index is 13.5. The van der Waals surface area contributed by atoms with Crippen molar-refractivity contribution in [1.82, 2.24) is 10.3 Å². The number of ketones is 1. The lowest BCUT2D eigenvalue weighted by Gasteiger charge is -2.12. The van der Waals surface area contributed by atoms with E-state index >= 15 is 0 Å². The molecule has 0 bridgehead atoms. The van der Waals surface area contributed by atoms with Gasteiger partial charge in [0.15, 0.2) is 5.78 Å². The Bertz CT molecular complexity index is 1580. The number of nitrogens with one attached hydrogen (secondary N) is 1. The minimum atomic E-state index is -4.45. The molecule has 1 unspecified atom stereocenters. The van der Waals surface area contributed by atoms with Crippen LogP contribution in [0.3, 0.4) is 0 Å². The first-order valence-corrected chi connectivity index (χ1v) is 12.0. The Morgan fingerprint density at radius 2 is 1.82 bits per heavy atom. The number of aromatic nitrogens is 1. The summed E-state index contributed by atoms with van der Waals surface area (Å²) in [6, 6.07) is 15.1. The highest BCUT2D eigenvalue weighted by Gasteiger charge is 2.29. The molecule has 10 heteroatoms. The zero-order valence-corrected chi connectivity index (χ0v) is 21.0. The molecule has 0 radical (unpaired) electrons. The number of nitriles is 1. The molecule has 1 N–H and O–H groups in total. The van der Waals surface area contributed by atoms with Gasteiger partial charge in [-0.3, -0.25) is 9.59 Å². The van der Waals surface area contributed by atoms with Crippen LogP contribution in [0.4, 0.5) is 17.6 Å². The predicted molar refractivity (Wildman–Crippen MR) is 136 cm³/mol. The third kappa shape index (κ3) is 6.14. The van der Waals surface area contributed by atoms with Gasteiger partial charge in [-0.15, -0.1) is 0 Å². The minimum absolute atomic E-state index is 0.0122. The molecule has 1 atom stereocenters. The number of aryl methyl sites for hydroxylation is 1. The van der Waals surface area contributed by atoms with Crippen LogP contribution < -0.4 is 5.32 Å². The number of Topliss-reactive ketones (excluding diaryl/α,β-unsaturated/α-hetero) is 1. The van der Waals surface area contributed by atoms with Crippen LogP contribution in [0, 0.1) is 23.1 Å². The van der Waals surface area contributed by atoms with Crippen LogP contribution in [0.1, 0.15) is 46.2 Å². The molecule has 4 aromatic rings. The van der Waals surface area contributed by atoms with Crippen molar-refractivity contribution in [3.63, 3.8) is 0 Å². The highest BCUT2D eigenvalue weighted by molar-refractivity contribution is 6.11. The van der Waals surface area contributed by atoms with Crippen LogP contribution in [0.15, 0.2) is 59.0 Å². The number of amides is 1. The summed E-state index contributed by atoms with van der Waals surface area (Å²) in [5.74, 6) is -1.73. The minimum Gasteiger partial charge on any atom is -0.437 e. The van der Waals surface area contributed by atoms with E-state index in [-0.39, 0.29) is 40.3 Å². The van der Waals surface area contributed by atoms with Crippen molar-refractivity contribution in [3.8, 4) is 28.5 Å². The summed E-state index contributed by atoms with van der Waals surface area (Å²) in [4.78, 5) is 30.0. The molecular formula is C29H23F4N3O3. The second kappa shape index (κ2) is 11.1. The lowest BCUT2D eigenvalue weighted by atomic mass is 9.94. The molecule has 0 spiro atoms. The van der Waals surface area contributed by atoms with Gasteiger partial charge >= 0.3 is 6.18 Å². The summed E-state index contributed by atoms with van der Waals surface area (Å²) in [5.41, 5.74) is 1.50. The number of benzene rings is 2. The second-order valence-electron chi connectivity index (χ2n) is 9.08. The summed E-state index contributed by atoms with van der Waals surface area (Å²) in [6.07, 6.45) is -6.08. The largest absolute Gasteiger partial charge is 0.437 e. The van der Waals surface area contributed by atoms with Gasteiger partial charge < -0.3 is 9.73 Å². The number of pyridine rings is 1. The summed E-state index contributed by atoms with van der Waals surface area (Å²) < 4.78 is 58.9. The maximum atomic E-state index is 13.5. The topological polar surface area (TPSA) is 96.0 Å². The fraction of sp³-hybridized carbons (Fsp3) is 0.241. The molecule has 0 saturated heterocycles. The predicted octanol–water partition coefficient (Wildman–Crippen LogP) is 6.89. The van der Waals surface area contributed by atoms with Crippen LogP contribution >= 0.6 is 0 Å². The van der Waals surface area contributed by atoms with Crippen LogP contribution in [0.25, 0.3) is 33.6 Å². The number of carbonyl (C=O) groups excluding carboxylic acids is 2. The molecule has 0 aliphatic heterocycles. The van der Waals surface area contributed by atoms with Crippen LogP contribution in [0.2, 0.25) is 0 Å². The average molecular weight is 538 g/mol. The van der Waals surface area contributed by atoms with Crippen molar-refractivity contribution in [2.75, 3.05) is 7.05 Å². The molecule has 6 nitrogen and oxygen atoms in total. The van der Waals surface area contributed by atoms with Gasteiger partial charge in [-0.05, 0) is 55.3 Å². The van der Waals surface area contributed by atoms with Crippen LogP contribution in [0.5, 0.6) is 0 Å². The van der Waals surface area contributed by atoms with E-state index in [4.69, 9.17) is 9.68 Å². The molecule has 2 aromatic heterocycles. The van der Waals surface area contributed by atoms with Crippen molar-refractivity contribution in [1.29, 1.82) is 5.26 Å². The summed E-state index contributed by atoms with van der Waals surface area (Å²) >= 11 is 0. The van der Waals surface area contributed by atoms with Gasteiger partial charge in [0, 0.05) is 36.6 Å². The molecule has 0 saturated carbocycles. The first-order chi connectivity index (χ1) is 18.5. The number of hydrogen-bond donors (Lipinski definition) is 1. The van der Waals surface area contributed by atoms with Crippen LogP contribution in [-0.2, 0) is 6.42 Å². The zero-order valence-electron chi connectivity index (χ0n) is 21.0. The van der Waals surface area contributed by atoms with E-state index in [2.05, 4.69) is 10.3 Å². The molecule has 4 rings (SSSR count). The van der Waals surface area contributed by atoms with E-state index in [9.17, 15) is 27.2 Å². The average Bonchev–Trinajstić information content (AvgIpc) is 3.29. The van der Waals surface area contributed by atoms with Crippen molar-refractivity contribution < 1.29 is 31.6 Å². The molecule has 0 fully saturated rings. The fourth-order valence-corrected chi connectivity index (χ4v) is 4.22. The molecule has 39 heavy (non-hydrogen) atoms. The number of nitrogens with zero attached hydrogens (tertiary/aromatic N) is 2. The van der Waals surface area contributed by atoms with Gasteiger partial charge in [0.05, 0.1) is 28.6 Å². The molecule has 0 aliphatic rings. The standard InChI is InChI=1S/C29H23F4N3O3/c1-16(15-34)12-24(37)19-5-3-4-18(13-19)21-14-22-25(27(38)35-2)26(17-6-8-20(30)9-7-17)39-28(22)36-23(21)10-11-29(31,32)33/h3-9,13-14,16H,10-12H2,1-2H3,(H,35,38). The highest BCUT2D eigenvalue weighted by atomic mass is 19.4. The van der Waals surface area contributed by atoms with Gasteiger partial charge in [0.1, 0.15) is 11.6 Å². The third-order valence-corrected chi connectivity index (χ3v) is 6.17. The van der Waals surface area contributed by atoms with Gasteiger partial charge in [-0.2, -0.15) is 18.4 Å². The Balaban J connectivity index is 1.93. The Morgan fingerprint density at radius 1 is 1.10 bits per heavy atom. The Kier molecular flexibility index (Phi) is 7.81. The summed E-state index contributed by atoms with van der Waals surface area (Å²) in [5, 5.41) is 11.8. The molecule has 2 heterocycles. The van der Waals surface area contributed by atoms with Gasteiger partial charge in [-0.1, -0.05) is 18.2 Å². The van der Waals surface area contributed by atoms with Gasteiger partial charge in [0.2, 0.25) is 5.71 Å². The fourth-order valence-electron chi connectivity index (χ4n) is 4.22. The first-order valence-electron chi connectivity index (χ1n) is 12.0. The number of halogens is 4. The zero-order chi connectivity index (χ0) is 28.3. The number of carbonyl (C=O) groups is 2. The van der Waals surface area contributed by atoms with Gasteiger partial charge in [-0.25, -0.2) is 9.37 Å². The third-order valence-electron chi connectivity index (χ3n) is 6.17. The summed E-state index contributed by atoms with van der Waals surface area (Å²) in [6.45, 7) is 1.62. The van der Waals surface area contributed by atoms with E-state index in [0.29, 0.717) is 22.3 Å². The Hall–Kier alpha value is -4.52. The van der Waals surface area contributed by atoms with E-state index in [1.54, 1.807) is 25.1 Å². The number of alkyl halides is 3. The van der Waals surface area contributed by atoms with Gasteiger partial charge in [0.25, 0.3) is 5.91 Å². The smallest absolute Gasteiger partial charge is 0.389 e. The van der Waals surface area contributed by atoms with E-state index < -0.39 is 36.7 Å². The van der Waals surface area contributed by atoms with Crippen molar-refractivity contribution >= 4 is 22.8 Å². The Morgan fingerprint density at radius 3 is 2.46 bits per heavy atom. The molecule has 0 aliphatic carbocycles. The van der Waals surface area contributed by atoms with E-state index in [1.165, 1.54) is 43.4 Å². The second-order valence-corrected chi connectivity index (χ2v) is 9.08. The van der Waals surface area contributed by atoms with E-state index in [1.807, 2.05) is 6.07 Å². The lowest BCUT2D eigenvalue weighted by molar-refractivity contribution is -0.134. The van der Waals surface area contributed by atoms with Crippen molar-refractivity contribution in [2.24, 2.45) is 5.92 Å². The quantitative estimate of drug-likeness (QED) is 0.195. The summed E-state index contributed by atoms with van der Waals surface area (Å²) in [7, 11) is 1.42. The number of rotatable bonds is 8. The molecule has 2 aromatic carbocycles. The van der Waals surface area contributed by atoms with Crippen LogP contribution in [-0.4, -0.2) is 29.9 Å². The van der Waals surface area contributed by atoms with Crippen molar-refractivity contribution in [3.05, 3.63) is 77.2 Å². The maximum Gasteiger partial charge on any atom is 0.389 e. The molecule has 1 amide bonds. The first kappa shape index (κ1) is 27.5. The Labute approximate surface area is 221 Å². The number of hydrogen-bond acceptors (Lipinski definition) is 5. The van der Waals surface area contributed by atoms with E-state index in [0.717, 1.165) is 0 Å². The lowest BCUT2D eigenvalue weighted by Crippen LogP contribution is -2.18. The molecular weight excluding hydrogens is 514 g/mol. The monoisotopic (exact) mass is 537 g/mol. The molecule has 200 valence electrons. The number of fused-ring (bicyclic) bond motifs is 1. The number of furan rings is 1.